The number of rotatable bonds is 5. The average molecular weight is 217 g/mol. The van der Waals surface area contributed by atoms with Crippen molar-refractivity contribution in [2.75, 3.05) is 25.1 Å². The average Bonchev–Trinajstić information content (AvgIpc) is 2.35. The Hall–Kier alpha value is -1.68. The molecule has 2 rings (SSSR count). The molecule has 1 aromatic heterocycles. The predicted molar refractivity (Wildman–Crippen MR) is 64.5 cm³/mol. The van der Waals surface area contributed by atoms with E-state index in [2.05, 4.69) is 15.5 Å². The van der Waals surface area contributed by atoms with E-state index in [1.807, 2.05) is 31.2 Å². The van der Waals surface area contributed by atoms with Crippen molar-refractivity contribution in [1.82, 2.24) is 10.2 Å². The lowest BCUT2D eigenvalue weighted by atomic mass is 10.2. The lowest BCUT2D eigenvalue weighted by molar-refractivity contribution is 0.158. The van der Waals surface area contributed by atoms with Gasteiger partial charge in [-0.15, -0.1) is 5.10 Å². The van der Waals surface area contributed by atoms with Crippen molar-refractivity contribution in [1.29, 1.82) is 0 Å². The summed E-state index contributed by atoms with van der Waals surface area (Å²) in [5.41, 5.74) is 0. The van der Waals surface area contributed by atoms with E-state index in [-0.39, 0.29) is 0 Å². The molecule has 1 aromatic carbocycles. The number of fused-ring (bicyclic) bond motifs is 1. The summed E-state index contributed by atoms with van der Waals surface area (Å²) in [6, 6.07) is 8.05. The molecule has 2 aromatic rings. The van der Waals surface area contributed by atoms with E-state index < -0.39 is 0 Å². The molecule has 16 heavy (non-hydrogen) atoms. The number of ether oxygens (including phenoxy) is 1. The summed E-state index contributed by atoms with van der Waals surface area (Å²) in [6.07, 6.45) is 1.77. The van der Waals surface area contributed by atoms with Crippen LogP contribution in [0.4, 0.5) is 5.82 Å². The van der Waals surface area contributed by atoms with Crippen molar-refractivity contribution in [3.05, 3.63) is 30.5 Å². The zero-order valence-corrected chi connectivity index (χ0v) is 9.31. The number of hydrogen-bond acceptors (Lipinski definition) is 4. The van der Waals surface area contributed by atoms with E-state index in [1.165, 1.54) is 0 Å². The number of hydrogen-bond donors (Lipinski definition) is 1. The SMILES string of the molecule is CCOCCNc1nncc2ccccc12. The van der Waals surface area contributed by atoms with Crippen LogP contribution in [0.3, 0.4) is 0 Å². The largest absolute Gasteiger partial charge is 0.380 e. The second kappa shape index (κ2) is 5.42. The lowest BCUT2D eigenvalue weighted by Gasteiger charge is -2.07. The van der Waals surface area contributed by atoms with E-state index in [0.29, 0.717) is 6.61 Å². The highest BCUT2D eigenvalue weighted by atomic mass is 16.5. The second-order valence-electron chi connectivity index (χ2n) is 3.40. The highest BCUT2D eigenvalue weighted by Gasteiger charge is 2.01. The Kier molecular flexibility index (Phi) is 3.66. The van der Waals surface area contributed by atoms with Gasteiger partial charge in [0.05, 0.1) is 12.8 Å². The summed E-state index contributed by atoms with van der Waals surface area (Å²) in [7, 11) is 0. The third kappa shape index (κ3) is 2.46. The van der Waals surface area contributed by atoms with Crippen LogP contribution in [0.15, 0.2) is 30.5 Å². The third-order valence-corrected chi connectivity index (χ3v) is 2.31. The fourth-order valence-corrected chi connectivity index (χ4v) is 1.54. The van der Waals surface area contributed by atoms with Crippen molar-refractivity contribution >= 4 is 16.6 Å². The maximum atomic E-state index is 5.26. The van der Waals surface area contributed by atoms with E-state index in [0.717, 1.165) is 29.7 Å². The molecule has 4 heteroatoms. The maximum absolute atomic E-state index is 5.26. The van der Waals surface area contributed by atoms with Crippen LogP contribution in [-0.2, 0) is 4.74 Å². The van der Waals surface area contributed by atoms with Crippen LogP contribution in [-0.4, -0.2) is 30.0 Å². The van der Waals surface area contributed by atoms with Gasteiger partial charge in [0.25, 0.3) is 0 Å². The van der Waals surface area contributed by atoms with Crippen LogP contribution in [0.2, 0.25) is 0 Å². The molecule has 0 spiro atoms. The number of nitrogens with zero attached hydrogens (tertiary/aromatic N) is 2. The summed E-state index contributed by atoms with van der Waals surface area (Å²) in [4.78, 5) is 0. The zero-order valence-electron chi connectivity index (χ0n) is 9.31. The molecule has 0 saturated heterocycles. The lowest BCUT2D eigenvalue weighted by Crippen LogP contribution is -2.10. The molecule has 0 aliphatic carbocycles. The summed E-state index contributed by atoms with van der Waals surface area (Å²) < 4.78 is 5.26. The van der Waals surface area contributed by atoms with Crippen LogP contribution < -0.4 is 5.32 Å². The van der Waals surface area contributed by atoms with E-state index >= 15 is 0 Å². The van der Waals surface area contributed by atoms with Gasteiger partial charge in [-0.3, -0.25) is 0 Å². The molecule has 0 aliphatic rings. The molecule has 0 bridgehead atoms. The monoisotopic (exact) mass is 217 g/mol. The number of anilines is 1. The molecule has 1 N–H and O–H groups in total. The van der Waals surface area contributed by atoms with Gasteiger partial charge < -0.3 is 10.1 Å². The summed E-state index contributed by atoms with van der Waals surface area (Å²) >= 11 is 0. The zero-order chi connectivity index (χ0) is 11.2. The van der Waals surface area contributed by atoms with Crippen molar-refractivity contribution in [2.45, 2.75) is 6.92 Å². The van der Waals surface area contributed by atoms with E-state index in [4.69, 9.17) is 4.74 Å². The Morgan fingerprint density at radius 3 is 3.06 bits per heavy atom. The Morgan fingerprint density at radius 2 is 2.19 bits per heavy atom. The smallest absolute Gasteiger partial charge is 0.156 e. The molecule has 1 heterocycles. The summed E-state index contributed by atoms with van der Waals surface area (Å²) in [6.45, 7) is 4.15. The standard InChI is InChI=1S/C12H15N3O/c1-2-16-8-7-13-12-11-6-4-3-5-10(11)9-14-15-12/h3-6,9H,2,7-8H2,1H3,(H,13,15). The normalized spacial score (nSPS) is 10.6. The molecule has 0 saturated carbocycles. The van der Waals surface area contributed by atoms with Gasteiger partial charge in [-0.25, -0.2) is 0 Å². The van der Waals surface area contributed by atoms with Gasteiger partial charge in [-0.2, -0.15) is 5.10 Å². The molecule has 0 fully saturated rings. The number of aromatic nitrogens is 2. The Balaban J connectivity index is 2.11. The molecule has 0 aliphatic heterocycles. The van der Waals surface area contributed by atoms with Gasteiger partial charge >= 0.3 is 0 Å². The van der Waals surface area contributed by atoms with Gasteiger partial charge in [0.2, 0.25) is 0 Å². The molecule has 0 amide bonds. The second-order valence-corrected chi connectivity index (χ2v) is 3.40. The van der Waals surface area contributed by atoms with Crippen LogP contribution in [0.5, 0.6) is 0 Å². The minimum Gasteiger partial charge on any atom is -0.380 e. The quantitative estimate of drug-likeness (QED) is 0.779. The van der Waals surface area contributed by atoms with Crippen molar-refractivity contribution in [3.63, 3.8) is 0 Å². The summed E-state index contributed by atoms with van der Waals surface area (Å²) in [5, 5.41) is 13.5. The summed E-state index contributed by atoms with van der Waals surface area (Å²) in [5.74, 6) is 0.817. The van der Waals surface area contributed by atoms with Crippen LogP contribution in [0, 0.1) is 0 Å². The van der Waals surface area contributed by atoms with Crippen LogP contribution in [0.25, 0.3) is 10.8 Å². The minimum absolute atomic E-state index is 0.682. The Labute approximate surface area is 94.6 Å². The third-order valence-electron chi connectivity index (χ3n) is 2.31. The Morgan fingerprint density at radius 1 is 1.31 bits per heavy atom. The molecular weight excluding hydrogens is 202 g/mol. The maximum Gasteiger partial charge on any atom is 0.156 e. The molecular formula is C12H15N3O. The fraction of sp³-hybridized carbons (Fsp3) is 0.333. The van der Waals surface area contributed by atoms with Crippen LogP contribution >= 0.6 is 0 Å². The Bertz CT molecular complexity index is 453. The van der Waals surface area contributed by atoms with E-state index in [1.54, 1.807) is 6.20 Å². The molecule has 4 nitrogen and oxygen atoms in total. The van der Waals surface area contributed by atoms with Crippen molar-refractivity contribution in [3.8, 4) is 0 Å². The number of nitrogens with one attached hydrogen (secondary N) is 1. The molecule has 0 unspecified atom stereocenters. The first-order valence-corrected chi connectivity index (χ1v) is 5.44. The fourth-order valence-electron chi connectivity index (χ4n) is 1.54. The first kappa shape index (κ1) is 10.8. The van der Waals surface area contributed by atoms with Gasteiger partial charge in [0.15, 0.2) is 5.82 Å². The van der Waals surface area contributed by atoms with Crippen molar-refractivity contribution in [2.24, 2.45) is 0 Å². The first-order chi connectivity index (χ1) is 7.92. The molecule has 0 atom stereocenters. The first-order valence-electron chi connectivity index (χ1n) is 5.44. The topological polar surface area (TPSA) is 47.0 Å². The van der Waals surface area contributed by atoms with Crippen LogP contribution in [0.1, 0.15) is 6.92 Å². The van der Waals surface area contributed by atoms with Gasteiger partial charge in [-0.1, -0.05) is 24.3 Å². The van der Waals surface area contributed by atoms with Gasteiger partial charge in [-0.05, 0) is 6.92 Å². The highest BCUT2D eigenvalue weighted by Crippen LogP contribution is 2.18. The van der Waals surface area contributed by atoms with Gasteiger partial charge in [0, 0.05) is 23.9 Å². The highest BCUT2D eigenvalue weighted by molar-refractivity contribution is 5.90. The molecule has 84 valence electrons. The molecule has 0 radical (unpaired) electrons. The number of benzene rings is 1. The van der Waals surface area contributed by atoms with Gasteiger partial charge in [0.1, 0.15) is 0 Å². The van der Waals surface area contributed by atoms with Crippen molar-refractivity contribution < 1.29 is 4.74 Å². The predicted octanol–water partition coefficient (Wildman–Crippen LogP) is 2.08. The van der Waals surface area contributed by atoms with E-state index in [9.17, 15) is 0 Å². The minimum atomic E-state index is 0.682.